The molecule has 1 heterocycles. The molecule has 1 aliphatic rings. The lowest BCUT2D eigenvalue weighted by atomic mass is 9.75. The molecule has 0 aliphatic heterocycles. The van der Waals surface area contributed by atoms with E-state index in [1.807, 2.05) is 13.8 Å². The first kappa shape index (κ1) is 17.0. The zero-order valence-corrected chi connectivity index (χ0v) is 15.0. The fraction of sp³-hybridized carbons (Fsp3) is 0.421. The molecular formula is C19H25O2S. The summed E-state index contributed by atoms with van der Waals surface area (Å²) in [5, 5.41) is 13.0. The van der Waals surface area contributed by atoms with Gasteiger partial charge in [0.05, 0.1) is 12.7 Å². The van der Waals surface area contributed by atoms with Gasteiger partial charge < -0.3 is 9.84 Å². The summed E-state index contributed by atoms with van der Waals surface area (Å²) in [5.74, 6) is 1.01. The molecule has 22 heavy (non-hydrogen) atoms. The van der Waals surface area contributed by atoms with E-state index >= 15 is 0 Å². The van der Waals surface area contributed by atoms with Gasteiger partial charge in [-0.1, -0.05) is 31.6 Å². The summed E-state index contributed by atoms with van der Waals surface area (Å²) in [4.78, 5) is 0. The van der Waals surface area contributed by atoms with Crippen LogP contribution < -0.4 is 4.74 Å². The predicted octanol–water partition coefficient (Wildman–Crippen LogP) is 5.15. The Morgan fingerprint density at radius 3 is 2.18 bits per heavy atom. The van der Waals surface area contributed by atoms with Gasteiger partial charge in [0, 0.05) is 21.9 Å². The quantitative estimate of drug-likeness (QED) is 0.848. The molecule has 0 fully saturated rings. The van der Waals surface area contributed by atoms with Crippen LogP contribution >= 0.6 is 11.3 Å². The van der Waals surface area contributed by atoms with E-state index in [2.05, 4.69) is 56.8 Å². The Hall–Kier alpha value is -1.32. The number of methoxy groups -OCH3 is 1. The van der Waals surface area contributed by atoms with Crippen molar-refractivity contribution in [3.8, 4) is 5.75 Å². The number of benzene rings is 1. The highest BCUT2D eigenvalue weighted by atomic mass is 32.1. The summed E-state index contributed by atoms with van der Waals surface area (Å²) in [6.07, 6.45) is 4.11. The second kappa shape index (κ2) is 6.05. The second-order valence-electron chi connectivity index (χ2n) is 6.72. The number of rotatable bonds is 3. The first-order valence-corrected chi connectivity index (χ1v) is 8.35. The molecule has 0 amide bonds. The number of aryl methyl sites for hydroxylation is 1. The van der Waals surface area contributed by atoms with Crippen molar-refractivity contribution < 1.29 is 9.84 Å². The van der Waals surface area contributed by atoms with Crippen molar-refractivity contribution in [2.75, 3.05) is 7.11 Å². The minimum atomic E-state index is -0.619. The third-order valence-electron chi connectivity index (χ3n) is 4.57. The highest BCUT2D eigenvalue weighted by Crippen LogP contribution is 2.44. The molecule has 2 aromatic rings. The normalized spacial score (nSPS) is 14.2. The van der Waals surface area contributed by atoms with Crippen molar-refractivity contribution in [2.24, 2.45) is 5.41 Å². The summed E-state index contributed by atoms with van der Waals surface area (Å²) in [6, 6.07) is 6.33. The lowest BCUT2D eigenvalue weighted by molar-refractivity contribution is -0.0103. The molecule has 0 atom stereocenters. The highest BCUT2D eigenvalue weighted by molar-refractivity contribution is 7.17. The number of aliphatic hydroxyl groups is 1. The molecular weight excluding hydrogens is 292 g/mol. The summed E-state index contributed by atoms with van der Waals surface area (Å²) >= 11 is 1.75. The summed E-state index contributed by atoms with van der Waals surface area (Å²) < 4.78 is 6.61. The Morgan fingerprint density at radius 1 is 1.09 bits per heavy atom. The lowest BCUT2D eigenvalue weighted by Gasteiger charge is -2.35. The van der Waals surface area contributed by atoms with Crippen LogP contribution in [-0.4, -0.2) is 17.8 Å². The van der Waals surface area contributed by atoms with Crippen LogP contribution in [-0.2, 0) is 0 Å². The molecule has 1 aromatic carbocycles. The van der Waals surface area contributed by atoms with Crippen molar-refractivity contribution in [2.45, 2.75) is 40.2 Å². The number of thiophene rings is 1. The van der Waals surface area contributed by atoms with E-state index in [0.29, 0.717) is 0 Å². The van der Waals surface area contributed by atoms with E-state index in [1.54, 1.807) is 18.4 Å². The van der Waals surface area contributed by atoms with Crippen LogP contribution in [0.1, 0.15) is 33.3 Å². The van der Waals surface area contributed by atoms with Gasteiger partial charge in [-0.3, -0.25) is 0 Å². The first-order valence-electron chi connectivity index (χ1n) is 7.47. The zero-order valence-electron chi connectivity index (χ0n) is 14.2. The smallest absolute Gasteiger partial charge is 0.130 e. The maximum atomic E-state index is 9.70. The van der Waals surface area contributed by atoms with Crippen molar-refractivity contribution in [1.82, 2.24) is 0 Å². The number of hydrogen-bond acceptors (Lipinski definition) is 3. The molecule has 119 valence electrons. The molecule has 1 radical (unpaired) electrons. The van der Waals surface area contributed by atoms with Gasteiger partial charge in [0.15, 0.2) is 0 Å². The van der Waals surface area contributed by atoms with Gasteiger partial charge in [0.1, 0.15) is 5.75 Å². The van der Waals surface area contributed by atoms with Crippen LogP contribution in [0.5, 0.6) is 5.75 Å². The fourth-order valence-electron chi connectivity index (χ4n) is 2.21. The maximum Gasteiger partial charge on any atom is 0.130 e. The zero-order chi connectivity index (χ0) is 16.5. The molecule has 1 N–H and O–H groups in total. The third-order valence-corrected chi connectivity index (χ3v) is 5.45. The molecule has 0 unspecified atom stereocenters. The fourth-order valence-corrected chi connectivity index (χ4v) is 2.99. The van der Waals surface area contributed by atoms with Crippen molar-refractivity contribution in [1.29, 1.82) is 0 Å². The Kier molecular flexibility index (Phi) is 4.69. The minimum Gasteiger partial charge on any atom is -0.496 e. The Balaban J connectivity index is 0.000000164. The van der Waals surface area contributed by atoms with E-state index in [9.17, 15) is 5.11 Å². The first-order chi connectivity index (χ1) is 10.2. The molecule has 3 heteroatoms. The molecule has 0 spiro atoms. The SMILES string of the molecule is CC(C)(O)C(C)(C)C1=C[CH]1.COc1c(C)ccc2sccc12. The van der Waals surface area contributed by atoms with Gasteiger partial charge in [-0.2, -0.15) is 0 Å². The monoisotopic (exact) mass is 317 g/mol. The summed E-state index contributed by atoms with van der Waals surface area (Å²) in [7, 11) is 1.72. The molecule has 0 saturated heterocycles. The third kappa shape index (κ3) is 3.36. The van der Waals surface area contributed by atoms with Gasteiger partial charge in [-0.15, -0.1) is 11.3 Å². The number of hydrogen-bond donors (Lipinski definition) is 1. The molecule has 0 saturated carbocycles. The lowest BCUT2D eigenvalue weighted by Crippen LogP contribution is -2.38. The topological polar surface area (TPSA) is 29.5 Å². The Morgan fingerprint density at radius 2 is 1.73 bits per heavy atom. The van der Waals surface area contributed by atoms with E-state index in [-0.39, 0.29) is 5.41 Å². The van der Waals surface area contributed by atoms with Crippen molar-refractivity contribution >= 4 is 21.4 Å². The van der Waals surface area contributed by atoms with E-state index in [1.165, 1.54) is 21.2 Å². The van der Waals surface area contributed by atoms with Crippen LogP contribution in [0, 0.1) is 18.8 Å². The molecule has 1 aromatic heterocycles. The minimum absolute atomic E-state index is 0.0903. The molecule has 0 bridgehead atoms. The number of allylic oxidation sites excluding steroid dienone is 1. The van der Waals surface area contributed by atoms with Gasteiger partial charge in [0.2, 0.25) is 0 Å². The van der Waals surface area contributed by atoms with Crippen molar-refractivity contribution in [3.63, 3.8) is 0 Å². The van der Waals surface area contributed by atoms with E-state index < -0.39 is 5.60 Å². The average Bonchev–Trinajstić information content (AvgIpc) is 3.18. The van der Waals surface area contributed by atoms with Crippen LogP contribution in [0.3, 0.4) is 0 Å². The average molecular weight is 317 g/mol. The predicted molar refractivity (Wildman–Crippen MR) is 95.6 cm³/mol. The van der Waals surface area contributed by atoms with Gasteiger partial charge >= 0.3 is 0 Å². The number of fused-ring (bicyclic) bond motifs is 1. The van der Waals surface area contributed by atoms with Crippen LogP contribution in [0.25, 0.3) is 10.1 Å². The highest BCUT2D eigenvalue weighted by Gasteiger charge is 2.41. The summed E-state index contributed by atoms with van der Waals surface area (Å²) in [6.45, 7) is 9.88. The molecule has 2 nitrogen and oxygen atoms in total. The molecule has 1 aliphatic carbocycles. The second-order valence-corrected chi connectivity index (χ2v) is 7.67. The van der Waals surface area contributed by atoms with Crippen LogP contribution in [0.4, 0.5) is 0 Å². The van der Waals surface area contributed by atoms with Crippen molar-refractivity contribution in [3.05, 3.63) is 47.2 Å². The standard InChI is InChI=1S/C10H10OS.C9H15O/c1-7-3-4-9-8(5-6-12-9)10(7)11-2;1-8(2,7-5-6-7)9(3,4)10/h3-6H,1-2H3;5-6,10H,1-4H3. The van der Waals surface area contributed by atoms with Gasteiger partial charge in [-0.05, 0) is 43.8 Å². The van der Waals surface area contributed by atoms with E-state index in [0.717, 1.165) is 5.75 Å². The van der Waals surface area contributed by atoms with Crippen LogP contribution in [0.2, 0.25) is 0 Å². The Bertz CT molecular complexity index is 687. The van der Waals surface area contributed by atoms with E-state index in [4.69, 9.17) is 4.74 Å². The number of ether oxygens (including phenoxy) is 1. The largest absolute Gasteiger partial charge is 0.496 e. The molecule has 3 rings (SSSR count). The Labute approximate surface area is 137 Å². The van der Waals surface area contributed by atoms with Gasteiger partial charge in [-0.25, -0.2) is 0 Å². The van der Waals surface area contributed by atoms with Gasteiger partial charge in [0.25, 0.3) is 0 Å². The van der Waals surface area contributed by atoms with Crippen LogP contribution in [0.15, 0.2) is 35.2 Å². The maximum absolute atomic E-state index is 9.70. The summed E-state index contributed by atoms with van der Waals surface area (Å²) in [5.41, 5.74) is 1.75.